The van der Waals surface area contributed by atoms with Gasteiger partial charge in [0, 0.05) is 32.4 Å². The van der Waals surface area contributed by atoms with Gasteiger partial charge in [-0.2, -0.15) is 0 Å². The Morgan fingerprint density at radius 2 is 2.25 bits per heavy atom. The van der Waals surface area contributed by atoms with Crippen molar-refractivity contribution in [3.8, 4) is 5.75 Å². The number of rotatable bonds is 3. The molecule has 1 aromatic rings. The molecule has 1 aliphatic heterocycles. The molecule has 1 N–H and O–H groups in total. The molecule has 0 saturated carbocycles. The first kappa shape index (κ1) is 11.3. The molecule has 2 rings (SSSR count). The lowest BCUT2D eigenvalue weighted by Gasteiger charge is -2.24. The van der Waals surface area contributed by atoms with E-state index in [1.165, 1.54) is 12.1 Å². The van der Waals surface area contributed by atoms with Crippen LogP contribution in [-0.2, 0) is 0 Å². The second-order valence-corrected chi connectivity index (χ2v) is 4.48. The molecule has 1 unspecified atom stereocenters. The lowest BCUT2D eigenvalue weighted by atomic mass is 10.1. The lowest BCUT2D eigenvalue weighted by molar-refractivity contribution is 0.167. The van der Waals surface area contributed by atoms with Crippen LogP contribution in [-0.4, -0.2) is 33.3 Å². The predicted octanol–water partition coefficient (Wildman–Crippen LogP) is 1.88. The van der Waals surface area contributed by atoms with Crippen molar-refractivity contribution < 1.29 is 4.74 Å². The average molecular weight is 220 g/mol. The van der Waals surface area contributed by atoms with E-state index in [0.29, 0.717) is 6.10 Å². The fourth-order valence-corrected chi connectivity index (χ4v) is 1.95. The number of nitrogens with zero attached hydrogens (tertiary/aromatic N) is 1. The van der Waals surface area contributed by atoms with Crippen molar-refractivity contribution in [2.45, 2.75) is 18.9 Å². The highest BCUT2D eigenvalue weighted by molar-refractivity contribution is 5.49. The predicted molar refractivity (Wildman–Crippen MR) is 67.3 cm³/mol. The van der Waals surface area contributed by atoms with Gasteiger partial charge in [0.05, 0.1) is 0 Å². The molecule has 3 heteroatoms. The molecule has 0 aliphatic carbocycles. The molecule has 0 amide bonds. The Balaban J connectivity index is 2.00. The lowest BCUT2D eigenvalue weighted by Crippen LogP contribution is -2.37. The summed E-state index contributed by atoms with van der Waals surface area (Å²) >= 11 is 0. The van der Waals surface area contributed by atoms with Crippen molar-refractivity contribution >= 4 is 5.69 Å². The Morgan fingerprint density at radius 3 is 2.94 bits per heavy atom. The summed E-state index contributed by atoms with van der Waals surface area (Å²) in [5.41, 5.74) is 1.18. The second kappa shape index (κ2) is 5.21. The van der Waals surface area contributed by atoms with Crippen LogP contribution in [0, 0.1) is 0 Å². The molecule has 1 fully saturated rings. The summed E-state index contributed by atoms with van der Waals surface area (Å²) in [5, 5.41) is 3.36. The van der Waals surface area contributed by atoms with E-state index < -0.39 is 0 Å². The van der Waals surface area contributed by atoms with Crippen LogP contribution in [0.4, 0.5) is 5.69 Å². The van der Waals surface area contributed by atoms with Crippen LogP contribution in [0.3, 0.4) is 0 Å². The van der Waals surface area contributed by atoms with Gasteiger partial charge in [-0.1, -0.05) is 6.07 Å². The van der Waals surface area contributed by atoms with Crippen molar-refractivity contribution in [2.24, 2.45) is 0 Å². The van der Waals surface area contributed by atoms with Crippen molar-refractivity contribution in [1.29, 1.82) is 0 Å². The van der Waals surface area contributed by atoms with Gasteiger partial charge in [-0.3, -0.25) is 0 Å². The maximum absolute atomic E-state index is 5.96. The van der Waals surface area contributed by atoms with Gasteiger partial charge >= 0.3 is 0 Å². The number of nitrogens with one attached hydrogen (secondary N) is 1. The Hall–Kier alpha value is -1.22. The van der Waals surface area contributed by atoms with E-state index in [-0.39, 0.29) is 0 Å². The topological polar surface area (TPSA) is 24.5 Å². The van der Waals surface area contributed by atoms with Crippen LogP contribution in [0.5, 0.6) is 5.75 Å². The first-order valence-electron chi connectivity index (χ1n) is 5.90. The third-order valence-corrected chi connectivity index (χ3v) is 2.89. The quantitative estimate of drug-likeness (QED) is 0.842. The molecule has 1 heterocycles. The SMILES string of the molecule is CN(C)c1cccc(OC2CCCNC2)c1. The van der Waals surface area contributed by atoms with E-state index in [0.717, 1.165) is 25.3 Å². The van der Waals surface area contributed by atoms with Crippen LogP contribution in [0.15, 0.2) is 24.3 Å². The summed E-state index contributed by atoms with van der Waals surface area (Å²) in [7, 11) is 4.09. The number of hydrogen-bond acceptors (Lipinski definition) is 3. The summed E-state index contributed by atoms with van der Waals surface area (Å²) in [5.74, 6) is 0.972. The third kappa shape index (κ3) is 2.89. The second-order valence-electron chi connectivity index (χ2n) is 4.48. The number of hydrogen-bond donors (Lipinski definition) is 1. The zero-order valence-electron chi connectivity index (χ0n) is 10.1. The molecule has 1 aromatic carbocycles. The van der Waals surface area contributed by atoms with Gasteiger partial charge in [-0.15, -0.1) is 0 Å². The van der Waals surface area contributed by atoms with Gasteiger partial charge in [-0.05, 0) is 31.5 Å². The average Bonchev–Trinajstić information content (AvgIpc) is 2.30. The first-order valence-corrected chi connectivity index (χ1v) is 5.90. The molecule has 0 bridgehead atoms. The molecule has 0 spiro atoms. The smallest absolute Gasteiger partial charge is 0.121 e. The van der Waals surface area contributed by atoms with Gasteiger partial charge in [0.15, 0.2) is 0 Å². The highest BCUT2D eigenvalue weighted by atomic mass is 16.5. The van der Waals surface area contributed by atoms with Gasteiger partial charge < -0.3 is 15.0 Å². The Kier molecular flexibility index (Phi) is 3.67. The van der Waals surface area contributed by atoms with E-state index in [1.54, 1.807) is 0 Å². The summed E-state index contributed by atoms with van der Waals surface area (Å²) in [6.07, 6.45) is 2.68. The number of anilines is 1. The Morgan fingerprint density at radius 1 is 1.38 bits per heavy atom. The van der Waals surface area contributed by atoms with E-state index in [4.69, 9.17) is 4.74 Å². The minimum Gasteiger partial charge on any atom is -0.489 e. The van der Waals surface area contributed by atoms with Crippen molar-refractivity contribution in [3.05, 3.63) is 24.3 Å². The van der Waals surface area contributed by atoms with Crippen molar-refractivity contribution in [1.82, 2.24) is 5.32 Å². The van der Waals surface area contributed by atoms with Gasteiger partial charge in [0.2, 0.25) is 0 Å². The van der Waals surface area contributed by atoms with E-state index in [9.17, 15) is 0 Å². The van der Waals surface area contributed by atoms with Gasteiger partial charge in [0.25, 0.3) is 0 Å². The summed E-state index contributed by atoms with van der Waals surface area (Å²) < 4.78 is 5.96. The zero-order chi connectivity index (χ0) is 11.4. The monoisotopic (exact) mass is 220 g/mol. The highest BCUT2D eigenvalue weighted by Crippen LogP contribution is 2.21. The Bertz CT molecular complexity index is 332. The van der Waals surface area contributed by atoms with Crippen LogP contribution in [0.1, 0.15) is 12.8 Å². The van der Waals surface area contributed by atoms with Crippen molar-refractivity contribution in [2.75, 3.05) is 32.1 Å². The molecule has 0 aromatic heterocycles. The standard InChI is InChI=1S/C13H20N2O/c1-15(2)11-5-3-6-12(9-11)16-13-7-4-8-14-10-13/h3,5-6,9,13-14H,4,7-8,10H2,1-2H3. The molecule has 3 nitrogen and oxygen atoms in total. The van der Waals surface area contributed by atoms with Gasteiger partial charge in [-0.25, -0.2) is 0 Å². The first-order chi connectivity index (χ1) is 7.75. The molecule has 1 saturated heterocycles. The van der Waals surface area contributed by atoms with Crippen LogP contribution < -0.4 is 15.0 Å². The van der Waals surface area contributed by atoms with Crippen LogP contribution in [0.2, 0.25) is 0 Å². The molecule has 1 atom stereocenters. The third-order valence-electron chi connectivity index (χ3n) is 2.89. The largest absolute Gasteiger partial charge is 0.489 e. The highest BCUT2D eigenvalue weighted by Gasteiger charge is 2.14. The molecule has 0 radical (unpaired) electrons. The molecule has 88 valence electrons. The van der Waals surface area contributed by atoms with Crippen molar-refractivity contribution in [3.63, 3.8) is 0 Å². The minimum absolute atomic E-state index is 0.325. The summed E-state index contributed by atoms with van der Waals surface area (Å²) in [6.45, 7) is 2.09. The fourth-order valence-electron chi connectivity index (χ4n) is 1.95. The number of ether oxygens (including phenoxy) is 1. The molecular weight excluding hydrogens is 200 g/mol. The van der Waals surface area contributed by atoms with Crippen LogP contribution in [0.25, 0.3) is 0 Å². The number of benzene rings is 1. The maximum Gasteiger partial charge on any atom is 0.121 e. The molecule has 1 aliphatic rings. The normalized spacial score (nSPS) is 20.5. The van der Waals surface area contributed by atoms with Crippen LogP contribution >= 0.6 is 0 Å². The van der Waals surface area contributed by atoms with E-state index in [1.807, 2.05) is 26.2 Å². The fraction of sp³-hybridized carbons (Fsp3) is 0.538. The maximum atomic E-state index is 5.96. The van der Waals surface area contributed by atoms with Gasteiger partial charge in [0.1, 0.15) is 11.9 Å². The Labute approximate surface area is 97.4 Å². The van der Waals surface area contributed by atoms with E-state index in [2.05, 4.69) is 22.3 Å². The zero-order valence-corrected chi connectivity index (χ0v) is 10.1. The summed E-state index contributed by atoms with van der Waals surface area (Å²) in [4.78, 5) is 2.09. The summed E-state index contributed by atoms with van der Waals surface area (Å²) in [6, 6.07) is 8.25. The molecule has 16 heavy (non-hydrogen) atoms. The van der Waals surface area contributed by atoms with E-state index >= 15 is 0 Å². The minimum atomic E-state index is 0.325. The molecular formula is C13H20N2O. The number of piperidine rings is 1.